The number of hydrogen-bond donors (Lipinski definition) is 2. The SMILES string of the molecule is COc1cc2cc[nH]c2c2c1OCCC2N. The fourth-order valence-corrected chi connectivity index (χ4v) is 2.27. The van der Waals surface area contributed by atoms with Crippen LogP contribution in [0.3, 0.4) is 0 Å². The van der Waals surface area contributed by atoms with Gasteiger partial charge in [0.1, 0.15) is 0 Å². The number of methoxy groups -OCH3 is 1. The average Bonchev–Trinajstić information content (AvgIpc) is 2.75. The molecule has 3 rings (SSSR count). The van der Waals surface area contributed by atoms with Crippen molar-refractivity contribution >= 4 is 10.9 Å². The summed E-state index contributed by atoms with van der Waals surface area (Å²) in [4.78, 5) is 3.21. The zero-order valence-corrected chi connectivity index (χ0v) is 9.12. The van der Waals surface area contributed by atoms with Crippen molar-refractivity contribution in [2.75, 3.05) is 13.7 Å². The molecule has 1 aliphatic rings. The van der Waals surface area contributed by atoms with Gasteiger partial charge in [0.05, 0.1) is 19.2 Å². The molecule has 1 aliphatic heterocycles. The predicted octanol–water partition coefficient (Wildman–Crippen LogP) is 1.96. The Balaban J connectivity index is 2.36. The van der Waals surface area contributed by atoms with Gasteiger partial charge in [0.15, 0.2) is 11.5 Å². The van der Waals surface area contributed by atoms with Gasteiger partial charge in [-0.2, -0.15) is 0 Å². The molecule has 0 bridgehead atoms. The van der Waals surface area contributed by atoms with Crippen LogP contribution >= 0.6 is 0 Å². The van der Waals surface area contributed by atoms with Crippen LogP contribution in [0, 0.1) is 0 Å². The minimum absolute atomic E-state index is 0.0139. The number of hydrogen-bond acceptors (Lipinski definition) is 3. The summed E-state index contributed by atoms with van der Waals surface area (Å²) < 4.78 is 11.0. The highest BCUT2D eigenvalue weighted by Gasteiger charge is 2.25. The summed E-state index contributed by atoms with van der Waals surface area (Å²) in [6.45, 7) is 0.650. The highest BCUT2D eigenvalue weighted by molar-refractivity contribution is 5.88. The lowest BCUT2D eigenvalue weighted by atomic mass is 9.98. The van der Waals surface area contributed by atoms with Crippen LogP contribution in [0.15, 0.2) is 18.3 Å². The summed E-state index contributed by atoms with van der Waals surface area (Å²) >= 11 is 0. The molecule has 3 N–H and O–H groups in total. The second-order valence-electron chi connectivity index (χ2n) is 4.01. The third-order valence-electron chi connectivity index (χ3n) is 3.07. The summed E-state index contributed by atoms with van der Waals surface area (Å²) in [5.74, 6) is 1.55. The summed E-state index contributed by atoms with van der Waals surface area (Å²) in [5.41, 5.74) is 8.23. The molecule has 1 atom stereocenters. The van der Waals surface area contributed by atoms with Gasteiger partial charge < -0.3 is 20.2 Å². The van der Waals surface area contributed by atoms with Crippen molar-refractivity contribution in [1.82, 2.24) is 4.98 Å². The second kappa shape index (κ2) is 3.42. The van der Waals surface area contributed by atoms with E-state index in [-0.39, 0.29) is 6.04 Å². The van der Waals surface area contributed by atoms with Crippen molar-refractivity contribution in [3.63, 3.8) is 0 Å². The lowest BCUT2D eigenvalue weighted by molar-refractivity contribution is 0.254. The van der Waals surface area contributed by atoms with E-state index < -0.39 is 0 Å². The minimum Gasteiger partial charge on any atom is -0.493 e. The van der Waals surface area contributed by atoms with Gasteiger partial charge >= 0.3 is 0 Å². The highest BCUT2D eigenvalue weighted by atomic mass is 16.5. The number of fused-ring (bicyclic) bond motifs is 3. The first-order valence-electron chi connectivity index (χ1n) is 5.37. The molecular weight excluding hydrogens is 204 g/mol. The van der Waals surface area contributed by atoms with E-state index in [2.05, 4.69) is 4.98 Å². The van der Waals surface area contributed by atoms with E-state index in [4.69, 9.17) is 15.2 Å². The second-order valence-corrected chi connectivity index (χ2v) is 4.01. The number of benzene rings is 1. The molecular formula is C12H14N2O2. The number of aromatic amines is 1. The smallest absolute Gasteiger partial charge is 0.168 e. The number of nitrogens with two attached hydrogens (primary N) is 1. The Bertz CT molecular complexity index is 533. The lowest BCUT2D eigenvalue weighted by Crippen LogP contribution is -2.21. The monoisotopic (exact) mass is 218 g/mol. The van der Waals surface area contributed by atoms with Gasteiger partial charge in [0.2, 0.25) is 0 Å². The minimum atomic E-state index is 0.0139. The molecule has 1 aromatic heterocycles. The van der Waals surface area contributed by atoms with E-state index in [1.165, 1.54) is 0 Å². The standard InChI is InChI=1S/C12H14N2O2/c1-15-9-6-7-2-4-14-11(7)10-8(13)3-5-16-12(9)10/h2,4,6,8,14H,3,5,13H2,1H3. The first-order chi connectivity index (χ1) is 7.81. The molecule has 84 valence electrons. The van der Waals surface area contributed by atoms with Crippen molar-refractivity contribution < 1.29 is 9.47 Å². The van der Waals surface area contributed by atoms with E-state index in [0.29, 0.717) is 6.61 Å². The molecule has 0 saturated heterocycles. The Labute approximate surface area is 93.3 Å². The molecule has 0 amide bonds. The average molecular weight is 218 g/mol. The Morgan fingerprint density at radius 1 is 1.56 bits per heavy atom. The third kappa shape index (κ3) is 1.20. The normalized spacial score (nSPS) is 19.2. The molecule has 0 spiro atoms. The lowest BCUT2D eigenvalue weighted by Gasteiger charge is -2.25. The molecule has 4 heteroatoms. The molecule has 4 nitrogen and oxygen atoms in total. The molecule has 1 unspecified atom stereocenters. The van der Waals surface area contributed by atoms with Crippen molar-refractivity contribution in [2.24, 2.45) is 5.73 Å². The molecule has 0 aliphatic carbocycles. The topological polar surface area (TPSA) is 60.3 Å². The summed E-state index contributed by atoms with van der Waals surface area (Å²) in [6, 6.07) is 4.00. The van der Waals surface area contributed by atoms with Crippen LogP contribution in [0.1, 0.15) is 18.0 Å². The van der Waals surface area contributed by atoms with Gasteiger partial charge in [0, 0.05) is 29.6 Å². The van der Waals surface area contributed by atoms with E-state index in [1.807, 2.05) is 18.3 Å². The Morgan fingerprint density at radius 2 is 2.44 bits per heavy atom. The van der Waals surface area contributed by atoms with E-state index >= 15 is 0 Å². The van der Waals surface area contributed by atoms with Gasteiger partial charge in [0.25, 0.3) is 0 Å². The Hall–Kier alpha value is -1.68. The van der Waals surface area contributed by atoms with Gasteiger partial charge in [-0.3, -0.25) is 0 Å². The Kier molecular flexibility index (Phi) is 2.04. The van der Waals surface area contributed by atoms with Crippen molar-refractivity contribution in [1.29, 1.82) is 0 Å². The fraction of sp³-hybridized carbons (Fsp3) is 0.333. The van der Waals surface area contributed by atoms with Crippen LogP contribution in [0.25, 0.3) is 10.9 Å². The molecule has 0 saturated carbocycles. The molecule has 0 fully saturated rings. The van der Waals surface area contributed by atoms with Crippen molar-refractivity contribution in [3.8, 4) is 11.5 Å². The van der Waals surface area contributed by atoms with Crippen LogP contribution in [-0.4, -0.2) is 18.7 Å². The maximum Gasteiger partial charge on any atom is 0.168 e. The molecule has 2 heterocycles. The maximum atomic E-state index is 6.14. The van der Waals surface area contributed by atoms with E-state index in [0.717, 1.165) is 34.4 Å². The quantitative estimate of drug-likeness (QED) is 0.769. The van der Waals surface area contributed by atoms with E-state index in [9.17, 15) is 0 Å². The van der Waals surface area contributed by atoms with Crippen LogP contribution in [0.2, 0.25) is 0 Å². The zero-order valence-electron chi connectivity index (χ0n) is 9.12. The summed E-state index contributed by atoms with van der Waals surface area (Å²) in [6.07, 6.45) is 2.75. The third-order valence-corrected chi connectivity index (χ3v) is 3.07. The van der Waals surface area contributed by atoms with Gasteiger partial charge in [-0.1, -0.05) is 0 Å². The van der Waals surface area contributed by atoms with Crippen LogP contribution in [0.5, 0.6) is 11.5 Å². The van der Waals surface area contributed by atoms with E-state index in [1.54, 1.807) is 7.11 Å². The van der Waals surface area contributed by atoms with Crippen molar-refractivity contribution in [3.05, 3.63) is 23.9 Å². The number of H-pyrrole nitrogens is 1. The first-order valence-corrected chi connectivity index (χ1v) is 5.37. The van der Waals surface area contributed by atoms with Crippen LogP contribution < -0.4 is 15.2 Å². The Morgan fingerprint density at radius 3 is 3.25 bits per heavy atom. The number of nitrogens with one attached hydrogen (secondary N) is 1. The van der Waals surface area contributed by atoms with Gasteiger partial charge in [-0.25, -0.2) is 0 Å². The first kappa shape index (κ1) is 9.54. The summed E-state index contributed by atoms with van der Waals surface area (Å²) in [5, 5.41) is 1.11. The predicted molar refractivity (Wildman–Crippen MR) is 61.9 cm³/mol. The van der Waals surface area contributed by atoms with Gasteiger partial charge in [-0.15, -0.1) is 0 Å². The molecule has 2 aromatic rings. The molecule has 1 aromatic carbocycles. The fourth-order valence-electron chi connectivity index (χ4n) is 2.27. The zero-order chi connectivity index (χ0) is 11.1. The highest BCUT2D eigenvalue weighted by Crippen LogP contribution is 2.42. The largest absolute Gasteiger partial charge is 0.493 e. The molecule has 0 radical (unpaired) electrons. The number of aromatic nitrogens is 1. The van der Waals surface area contributed by atoms with Crippen LogP contribution in [-0.2, 0) is 0 Å². The van der Waals surface area contributed by atoms with Gasteiger partial charge in [-0.05, 0) is 12.1 Å². The number of rotatable bonds is 1. The molecule has 16 heavy (non-hydrogen) atoms. The maximum absolute atomic E-state index is 6.14. The van der Waals surface area contributed by atoms with Crippen molar-refractivity contribution in [2.45, 2.75) is 12.5 Å². The number of ether oxygens (including phenoxy) is 2. The van der Waals surface area contributed by atoms with Crippen LogP contribution in [0.4, 0.5) is 0 Å². The summed E-state index contributed by atoms with van der Waals surface area (Å²) in [7, 11) is 1.65.